The monoisotopic (exact) mass is 408 g/mol. The van der Waals surface area contributed by atoms with Crippen LogP contribution in [0.5, 0.6) is 0 Å². The molecule has 0 atom stereocenters. The van der Waals surface area contributed by atoms with Gasteiger partial charge >= 0.3 is 0 Å². The molecule has 0 fully saturated rings. The van der Waals surface area contributed by atoms with Crippen molar-refractivity contribution in [2.45, 2.75) is 39.5 Å². The van der Waals surface area contributed by atoms with Crippen LogP contribution in [-0.2, 0) is 10.0 Å². The van der Waals surface area contributed by atoms with E-state index in [0.29, 0.717) is 37.6 Å². The van der Waals surface area contributed by atoms with Crippen molar-refractivity contribution in [2.24, 2.45) is 0 Å². The first-order chi connectivity index (χ1) is 13.3. The number of carbonyl (C=O) groups excluding carboxylic acids is 1. The molecule has 1 aromatic carbocycles. The summed E-state index contributed by atoms with van der Waals surface area (Å²) in [6, 6.07) is 6.34. The van der Waals surface area contributed by atoms with E-state index in [1.807, 2.05) is 18.7 Å². The number of sulfonamides is 1. The highest BCUT2D eigenvalue weighted by molar-refractivity contribution is 7.89. The molecule has 8 nitrogen and oxygen atoms in total. The molecule has 1 N–H and O–H groups in total. The maximum Gasteiger partial charge on any atom is 0.294 e. The predicted octanol–water partition coefficient (Wildman–Crippen LogP) is 3.11. The topological polar surface area (TPSA) is 95.8 Å². The first-order valence-corrected chi connectivity index (χ1v) is 10.9. The number of aromatic nitrogens is 1. The predicted molar refractivity (Wildman–Crippen MR) is 109 cm³/mol. The van der Waals surface area contributed by atoms with Crippen molar-refractivity contribution in [2.75, 3.05) is 36.4 Å². The molecular weight excluding hydrogens is 380 g/mol. The van der Waals surface area contributed by atoms with Crippen molar-refractivity contribution in [1.82, 2.24) is 9.46 Å². The van der Waals surface area contributed by atoms with Crippen molar-refractivity contribution >= 4 is 27.3 Å². The molecule has 1 heterocycles. The van der Waals surface area contributed by atoms with E-state index in [1.54, 1.807) is 32.9 Å². The van der Waals surface area contributed by atoms with E-state index in [1.165, 1.54) is 16.4 Å². The van der Waals surface area contributed by atoms with Crippen molar-refractivity contribution in [3.05, 3.63) is 35.7 Å². The molecule has 28 heavy (non-hydrogen) atoms. The fourth-order valence-corrected chi connectivity index (χ4v) is 4.47. The van der Waals surface area contributed by atoms with Crippen molar-refractivity contribution in [1.29, 1.82) is 0 Å². The van der Waals surface area contributed by atoms with Gasteiger partial charge in [-0.1, -0.05) is 19.0 Å². The second-order valence-electron chi connectivity index (χ2n) is 6.23. The Morgan fingerprint density at radius 1 is 1.07 bits per heavy atom. The minimum Gasteiger partial charge on any atom is -0.370 e. The van der Waals surface area contributed by atoms with Crippen molar-refractivity contribution in [3.63, 3.8) is 0 Å². The van der Waals surface area contributed by atoms with Crippen LogP contribution in [0.15, 0.2) is 33.7 Å². The Morgan fingerprint density at radius 3 is 2.21 bits per heavy atom. The standard InChI is InChI=1S/C19H28N4O4S/c1-6-22(7-2)17-11-10-15(28(25,26)23(8-3)9-4)13-16(17)20-19(24)18-12-14(5)21-27-18/h10-13H,6-9H2,1-5H3,(H,20,24). The maximum absolute atomic E-state index is 12.9. The fraction of sp³-hybridized carbons (Fsp3) is 0.474. The lowest BCUT2D eigenvalue weighted by Gasteiger charge is -2.25. The van der Waals surface area contributed by atoms with Crippen LogP contribution >= 0.6 is 0 Å². The van der Waals surface area contributed by atoms with Crippen LogP contribution in [0.1, 0.15) is 43.9 Å². The number of nitrogens with one attached hydrogen (secondary N) is 1. The zero-order valence-electron chi connectivity index (χ0n) is 17.0. The quantitative estimate of drug-likeness (QED) is 0.685. The van der Waals surface area contributed by atoms with Gasteiger partial charge in [-0.2, -0.15) is 4.31 Å². The number of carbonyl (C=O) groups is 1. The molecule has 0 saturated carbocycles. The van der Waals surface area contributed by atoms with Crippen molar-refractivity contribution in [3.8, 4) is 0 Å². The van der Waals surface area contributed by atoms with Crippen LogP contribution in [0, 0.1) is 6.92 Å². The highest BCUT2D eigenvalue weighted by Gasteiger charge is 2.24. The van der Waals surface area contributed by atoms with E-state index in [2.05, 4.69) is 10.5 Å². The molecule has 0 spiro atoms. The third kappa shape index (κ3) is 4.53. The molecule has 0 aliphatic heterocycles. The minimum atomic E-state index is -3.65. The summed E-state index contributed by atoms with van der Waals surface area (Å²) in [5, 5.41) is 6.50. The van der Waals surface area contributed by atoms with Crippen LogP contribution in [0.25, 0.3) is 0 Å². The van der Waals surface area contributed by atoms with E-state index in [0.717, 1.165) is 5.69 Å². The highest BCUT2D eigenvalue weighted by atomic mass is 32.2. The van der Waals surface area contributed by atoms with E-state index >= 15 is 0 Å². The number of hydrogen-bond acceptors (Lipinski definition) is 6. The Morgan fingerprint density at radius 2 is 1.71 bits per heavy atom. The summed E-state index contributed by atoms with van der Waals surface area (Å²) < 4.78 is 32.2. The van der Waals surface area contributed by atoms with E-state index in [-0.39, 0.29) is 10.7 Å². The van der Waals surface area contributed by atoms with Crippen LogP contribution in [0.3, 0.4) is 0 Å². The average molecular weight is 409 g/mol. The molecule has 2 aromatic rings. The highest BCUT2D eigenvalue weighted by Crippen LogP contribution is 2.30. The Kier molecular flexibility index (Phi) is 7.20. The van der Waals surface area contributed by atoms with Gasteiger partial charge < -0.3 is 14.7 Å². The summed E-state index contributed by atoms with van der Waals surface area (Å²) in [4.78, 5) is 14.7. The van der Waals surface area contributed by atoms with Crippen LogP contribution in [0.4, 0.5) is 11.4 Å². The van der Waals surface area contributed by atoms with Crippen LogP contribution < -0.4 is 10.2 Å². The number of anilines is 2. The van der Waals surface area contributed by atoms with Crippen LogP contribution in [-0.4, -0.2) is 50.0 Å². The zero-order chi connectivity index (χ0) is 20.9. The molecule has 1 amide bonds. The van der Waals surface area contributed by atoms with Crippen molar-refractivity contribution < 1.29 is 17.7 Å². The van der Waals surface area contributed by atoms with Gasteiger partial charge in [0, 0.05) is 32.2 Å². The van der Waals surface area contributed by atoms with Gasteiger partial charge in [0.15, 0.2) is 0 Å². The van der Waals surface area contributed by atoms with Gasteiger partial charge in [-0.3, -0.25) is 4.79 Å². The van der Waals surface area contributed by atoms with Gasteiger partial charge in [0.1, 0.15) is 0 Å². The number of amides is 1. The van der Waals surface area contributed by atoms with Gasteiger partial charge in [0.05, 0.1) is 22.0 Å². The van der Waals surface area contributed by atoms with Gasteiger partial charge in [0.2, 0.25) is 15.8 Å². The minimum absolute atomic E-state index is 0.0694. The normalized spacial score (nSPS) is 11.6. The molecule has 0 bridgehead atoms. The third-order valence-electron chi connectivity index (χ3n) is 4.52. The summed E-state index contributed by atoms with van der Waals surface area (Å²) in [7, 11) is -3.65. The zero-order valence-corrected chi connectivity index (χ0v) is 17.8. The number of benzene rings is 1. The first-order valence-electron chi connectivity index (χ1n) is 9.42. The Labute approximate surface area is 166 Å². The molecular formula is C19H28N4O4S. The van der Waals surface area contributed by atoms with E-state index < -0.39 is 15.9 Å². The first kappa shape index (κ1) is 21.9. The summed E-state index contributed by atoms with van der Waals surface area (Å²) >= 11 is 0. The van der Waals surface area contributed by atoms with Gasteiger partial charge in [-0.05, 0) is 39.0 Å². The van der Waals surface area contributed by atoms with Gasteiger partial charge in [0.25, 0.3) is 5.91 Å². The third-order valence-corrected chi connectivity index (χ3v) is 6.56. The SMILES string of the molecule is CCN(CC)c1ccc(S(=O)(=O)N(CC)CC)cc1NC(=O)c1cc(C)no1. The molecule has 1 aromatic heterocycles. The Balaban J connectivity index is 2.50. The summed E-state index contributed by atoms with van der Waals surface area (Å²) in [5.74, 6) is -0.411. The number of aryl methyl sites for hydroxylation is 1. The van der Waals surface area contributed by atoms with Crippen LogP contribution in [0.2, 0.25) is 0 Å². The second-order valence-corrected chi connectivity index (χ2v) is 8.17. The molecule has 0 aliphatic carbocycles. The Hall–Kier alpha value is -2.39. The molecule has 0 aliphatic rings. The molecule has 0 saturated heterocycles. The lowest BCUT2D eigenvalue weighted by molar-refractivity contribution is 0.0988. The molecule has 154 valence electrons. The molecule has 9 heteroatoms. The fourth-order valence-electron chi connectivity index (χ4n) is 2.98. The summed E-state index contributed by atoms with van der Waals surface area (Å²) in [5.41, 5.74) is 1.75. The number of rotatable bonds is 9. The average Bonchev–Trinajstić information content (AvgIpc) is 3.11. The Bertz CT molecular complexity index is 916. The molecule has 0 radical (unpaired) electrons. The number of nitrogens with zero attached hydrogens (tertiary/aromatic N) is 3. The van der Waals surface area contributed by atoms with E-state index in [9.17, 15) is 13.2 Å². The molecule has 2 rings (SSSR count). The largest absolute Gasteiger partial charge is 0.370 e. The summed E-state index contributed by atoms with van der Waals surface area (Å²) in [6.07, 6.45) is 0. The van der Waals surface area contributed by atoms with Gasteiger partial charge in [-0.25, -0.2) is 8.42 Å². The lowest BCUT2D eigenvalue weighted by atomic mass is 10.2. The molecule has 0 unspecified atom stereocenters. The number of hydrogen-bond donors (Lipinski definition) is 1. The summed E-state index contributed by atoms with van der Waals surface area (Å²) in [6.45, 7) is 11.5. The maximum atomic E-state index is 12.9. The lowest BCUT2D eigenvalue weighted by Crippen LogP contribution is -2.31. The van der Waals surface area contributed by atoms with E-state index in [4.69, 9.17) is 4.52 Å². The second kappa shape index (κ2) is 9.20. The smallest absolute Gasteiger partial charge is 0.294 e. The van der Waals surface area contributed by atoms with Gasteiger partial charge in [-0.15, -0.1) is 0 Å².